The van der Waals surface area contributed by atoms with Gasteiger partial charge in [-0.25, -0.2) is 4.79 Å². The van der Waals surface area contributed by atoms with E-state index < -0.39 is 11.7 Å². The summed E-state index contributed by atoms with van der Waals surface area (Å²) in [6, 6.07) is 0. The number of hydrogen-bond donors (Lipinski definition) is 3. The highest BCUT2D eigenvalue weighted by Crippen LogP contribution is 2.06. The summed E-state index contributed by atoms with van der Waals surface area (Å²) < 4.78 is 10.8. The standard InChI is InChI=1S/C15H31N5O3.HI/c1-15(2,3)23-14(21)18-7-6-17-13(16-4)19-10-12-11-20(5)8-9-22-12;/h12H,6-11H2,1-5H3,(H,18,21)(H2,16,17,19);1H. The Morgan fingerprint density at radius 1 is 1.29 bits per heavy atom. The third-order valence-corrected chi connectivity index (χ3v) is 3.15. The average Bonchev–Trinajstić information content (AvgIpc) is 2.44. The lowest BCUT2D eigenvalue weighted by Gasteiger charge is -2.30. The molecule has 1 aliphatic rings. The summed E-state index contributed by atoms with van der Waals surface area (Å²) in [6.07, 6.45) is -0.256. The quantitative estimate of drug-likeness (QED) is 0.243. The van der Waals surface area contributed by atoms with Gasteiger partial charge in [0.05, 0.1) is 12.7 Å². The number of rotatable bonds is 5. The second-order valence-electron chi connectivity index (χ2n) is 6.56. The summed E-state index contributed by atoms with van der Waals surface area (Å²) in [7, 11) is 3.80. The van der Waals surface area contributed by atoms with Crippen molar-refractivity contribution in [1.82, 2.24) is 20.9 Å². The maximum absolute atomic E-state index is 11.5. The molecular weight excluding hydrogens is 425 g/mol. The number of guanidine groups is 1. The van der Waals surface area contributed by atoms with Gasteiger partial charge in [0.25, 0.3) is 0 Å². The van der Waals surface area contributed by atoms with Crippen LogP contribution in [0.1, 0.15) is 20.8 Å². The van der Waals surface area contributed by atoms with Crippen molar-refractivity contribution in [3.8, 4) is 0 Å². The molecule has 1 fully saturated rings. The highest BCUT2D eigenvalue weighted by molar-refractivity contribution is 14.0. The number of nitrogens with one attached hydrogen (secondary N) is 3. The smallest absolute Gasteiger partial charge is 0.407 e. The predicted octanol–water partition coefficient (Wildman–Crippen LogP) is 0.625. The number of nitrogens with zero attached hydrogens (tertiary/aromatic N) is 2. The van der Waals surface area contributed by atoms with Crippen molar-refractivity contribution in [1.29, 1.82) is 0 Å². The van der Waals surface area contributed by atoms with Gasteiger partial charge in [0, 0.05) is 39.8 Å². The number of hydrogen-bond acceptors (Lipinski definition) is 5. The van der Waals surface area contributed by atoms with Crippen LogP contribution in [0, 0.1) is 0 Å². The van der Waals surface area contributed by atoms with Crippen LogP contribution in [0.25, 0.3) is 0 Å². The van der Waals surface area contributed by atoms with Gasteiger partial charge in [0.2, 0.25) is 0 Å². The van der Waals surface area contributed by atoms with Gasteiger partial charge in [-0.1, -0.05) is 0 Å². The summed E-state index contributed by atoms with van der Waals surface area (Å²) in [5.74, 6) is 0.688. The fraction of sp³-hybridized carbons (Fsp3) is 0.867. The third-order valence-electron chi connectivity index (χ3n) is 3.15. The summed E-state index contributed by atoms with van der Waals surface area (Å²) in [4.78, 5) is 17.9. The second-order valence-corrected chi connectivity index (χ2v) is 6.56. The molecule has 1 aliphatic heterocycles. The molecule has 0 aromatic rings. The Bertz CT molecular complexity index is 401. The Balaban J connectivity index is 0.00000529. The lowest BCUT2D eigenvalue weighted by Crippen LogP contribution is -2.49. The molecule has 0 aromatic carbocycles. The van der Waals surface area contributed by atoms with Gasteiger partial charge in [-0.05, 0) is 27.8 Å². The van der Waals surface area contributed by atoms with Crippen molar-refractivity contribution < 1.29 is 14.3 Å². The second kappa shape index (κ2) is 11.7. The van der Waals surface area contributed by atoms with Crippen molar-refractivity contribution in [3.05, 3.63) is 0 Å². The Morgan fingerprint density at radius 3 is 2.54 bits per heavy atom. The van der Waals surface area contributed by atoms with E-state index in [-0.39, 0.29) is 30.1 Å². The number of alkyl carbamates (subject to hydrolysis) is 1. The maximum Gasteiger partial charge on any atom is 0.407 e. The van der Waals surface area contributed by atoms with E-state index >= 15 is 0 Å². The van der Waals surface area contributed by atoms with Gasteiger partial charge < -0.3 is 30.3 Å². The molecule has 0 saturated carbocycles. The Hall–Kier alpha value is -0.810. The first kappa shape index (κ1) is 23.2. The van der Waals surface area contributed by atoms with Gasteiger partial charge in [-0.15, -0.1) is 24.0 Å². The minimum Gasteiger partial charge on any atom is -0.444 e. The summed E-state index contributed by atoms with van der Waals surface area (Å²) in [5, 5.41) is 9.06. The largest absolute Gasteiger partial charge is 0.444 e. The molecule has 1 amide bonds. The Labute approximate surface area is 162 Å². The van der Waals surface area contributed by atoms with E-state index in [1.54, 1.807) is 7.05 Å². The van der Waals surface area contributed by atoms with E-state index in [1.807, 2.05) is 20.8 Å². The summed E-state index contributed by atoms with van der Waals surface area (Å²) >= 11 is 0. The first-order chi connectivity index (χ1) is 10.8. The van der Waals surface area contributed by atoms with Crippen molar-refractivity contribution in [3.63, 3.8) is 0 Å². The van der Waals surface area contributed by atoms with E-state index in [0.717, 1.165) is 19.7 Å². The van der Waals surface area contributed by atoms with E-state index in [0.29, 0.717) is 25.6 Å². The Morgan fingerprint density at radius 2 is 1.96 bits per heavy atom. The van der Waals surface area contributed by atoms with Crippen LogP contribution >= 0.6 is 24.0 Å². The van der Waals surface area contributed by atoms with Crippen LogP contribution in [0.15, 0.2) is 4.99 Å². The molecule has 0 spiro atoms. The van der Waals surface area contributed by atoms with Crippen LogP contribution in [-0.2, 0) is 9.47 Å². The molecule has 0 aliphatic carbocycles. The van der Waals surface area contributed by atoms with Crippen molar-refractivity contribution in [2.24, 2.45) is 4.99 Å². The van der Waals surface area contributed by atoms with Gasteiger partial charge in [-0.2, -0.15) is 0 Å². The summed E-state index contributed by atoms with van der Waals surface area (Å²) in [5.41, 5.74) is -0.484. The molecule has 1 rings (SSSR count). The third kappa shape index (κ3) is 10.9. The van der Waals surface area contributed by atoms with Gasteiger partial charge in [-0.3, -0.25) is 4.99 Å². The van der Waals surface area contributed by atoms with Crippen molar-refractivity contribution in [2.75, 3.05) is 53.4 Å². The molecular formula is C15H32IN5O3. The van der Waals surface area contributed by atoms with Crippen LogP contribution in [0.3, 0.4) is 0 Å². The van der Waals surface area contributed by atoms with Crippen LogP contribution in [0.4, 0.5) is 4.79 Å². The fourth-order valence-corrected chi connectivity index (χ4v) is 2.08. The van der Waals surface area contributed by atoms with Gasteiger partial charge in [0.15, 0.2) is 5.96 Å². The van der Waals surface area contributed by atoms with Crippen LogP contribution in [0.5, 0.6) is 0 Å². The molecule has 24 heavy (non-hydrogen) atoms. The number of aliphatic imine (C=N–C) groups is 1. The number of amides is 1. The van der Waals surface area contributed by atoms with E-state index in [2.05, 4.69) is 32.9 Å². The molecule has 1 heterocycles. The highest BCUT2D eigenvalue weighted by atomic mass is 127. The minimum atomic E-state index is -0.484. The molecule has 8 nitrogen and oxygen atoms in total. The molecule has 1 unspecified atom stereocenters. The zero-order chi connectivity index (χ0) is 17.3. The number of morpholine rings is 1. The number of likely N-dealkylation sites (N-methyl/N-ethyl adjacent to an activating group) is 1. The SMILES string of the molecule is CN=C(NCCNC(=O)OC(C)(C)C)NCC1CN(C)CCO1.I. The molecule has 0 aromatic heterocycles. The molecule has 1 atom stereocenters. The number of halogens is 1. The molecule has 1 saturated heterocycles. The van der Waals surface area contributed by atoms with Crippen molar-refractivity contribution in [2.45, 2.75) is 32.5 Å². The van der Waals surface area contributed by atoms with E-state index in [4.69, 9.17) is 9.47 Å². The van der Waals surface area contributed by atoms with Crippen LogP contribution in [0.2, 0.25) is 0 Å². The van der Waals surface area contributed by atoms with Gasteiger partial charge >= 0.3 is 6.09 Å². The predicted molar refractivity (Wildman–Crippen MR) is 106 cm³/mol. The van der Waals surface area contributed by atoms with Crippen molar-refractivity contribution >= 4 is 36.0 Å². The molecule has 142 valence electrons. The lowest BCUT2D eigenvalue weighted by molar-refractivity contribution is -0.0161. The Kier molecular flexibility index (Phi) is 11.3. The molecule has 9 heteroatoms. The molecule has 0 bridgehead atoms. The van der Waals surface area contributed by atoms with Gasteiger partial charge in [0.1, 0.15) is 5.60 Å². The molecule has 3 N–H and O–H groups in total. The zero-order valence-corrected chi connectivity index (χ0v) is 17.7. The number of ether oxygens (including phenoxy) is 2. The summed E-state index contributed by atoms with van der Waals surface area (Å²) in [6.45, 7) is 9.86. The van der Waals surface area contributed by atoms with Crippen LogP contribution in [-0.4, -0.2) is 82.1 Å². The topological polar surface area (TPSA) is 87.2 Å². The average molecular weight is 457 g/mol. The van der Waals surface area contributed by atoms with Crippen LogP contribution < -0.4 is 16.0 Å². The molecule has 0 radical (unpaired) electrons. The first-order valence-electron chi connectivity index (χ1n) is 8.01. The van der Waals surface area contributed by atoms with E-state index in [9.17, 15) is 4.79 Å². The van der Waals surface area contributed by atoms with E-state index in [1.165, 1.54) is 0 Å². The first-order valence-corrected chi connectivity index (χ1v) is 8.01. The maximum atomic E-state index is 11.5. The fourth-order valence-electron chi connectivity index (χ4n) is 2.08. The lowest BCUT2D eigenvalue weighted by atomic mass is 10.2. The zero-order valence-electron chi connectivity index (χ0n) is 15.3. The normalized spacial score (nSPS) is 19.2. The minimum absolute atomic E-state index is 0. The number of carbonyl (C=O) groups excluding carboxylic acids is 1. The highest BCUT2D eigenvalue weighted by Gasteiger charge is 2.18. The monoisotopic (exact) mass is 457 g/mol. The number of carbonyl (C=O) groups is 1.